The van der Waals surface area contributed by atoms with E-state index in [-0.39, 0.29) is 24.3 Å². The van der Waals surface area contributed by atoms with Crippen LogP contribution in [0.5, 0.6) is 0 Å². The molecule has 0 spiro atoms. The number of nitrogens with one attached hydrogen (secondary N) is 1. The molecule has 0 aliphatic heterocycles. The number of hydrogen-bond donors (Lipinski definition) is 2. The Bertz CT molecular complexity index is 623. The van der Waals surface area contributed by atoms with E-state index in [4.69, 9.17) is 9.52 Å². The number of aliphatic hydroxyl groups excluding tert-OH is 1. The second-order valence-corrected chi connectivity index (χ2v) is 5.91. The summed E-state index contributed by atoms with van der Waals surface area (Å²) in [6.45, 7) is 0.0198. The minimum atomic E-state index is -0.183. The molecular weight excluding hydrogens is 290 g/mol. The van der Waals surface area contributed by atoms with Crippen LogP contribution in [0.4, 0.5) is 6.01 Å². The molecule has 1 fully saturated rings. The number of aliphatic hydroxyl groups is 1. The first-order valence-electron chi connectivity index (χ1n) is 6.70. The van der Waals surface area contributed by atoms with Crippen LogP contribution < -0.4 is 5.32 Å². The van der Waals surface area contributed by atoms with Gasteiger partial charge in [-0.3, -0.25) is 10.1 Å². The van der Waals surface area contributed by atoms with Gasteiger partial charge in [-0.2, -0.15) is 0 Å². The molecular formula is C14H15N3O3S. The maximum Gasteiger partial charge on any atom is 0.322 e. The van der Waals surface area contributed by atoms with E-state index in [2.05, 4.69) is 15.5 Å². The van der Waals surface area contributed by atoms with Gasteiger partial charge in [0.2, 0.25) is 11.8 Å². The average Bonchev–Trinajstić information content (AvgIpc) is 3.26. The summed E-state index contributed by atoms with van der Waals surface area (Å²) in [5.74, 6) is 1.07. The van der Waals surface area contributed by atoms with Crippen molar-refractivity contribution < 1.29 is 14.3 Å². The molecule has 1 aromatic carbocycles. The highest BCUT2D eigenvalue weighted by molar-refractivity contribution is 8.00. The molecule has 1 amide bonds. The topological polar surface area (TPSA) is 88.2 Å². The molecule has 1 aliphatic rings. The lowest BCUT2D eigenvalue weighted by atomic mass is 10.2. The lowest BCUT2D eigenvalue weighted by Crippen LogP contribution is -2.14. The van der Waals surface area contributed by atoms with Crippen LogP contribution in [0.25, 0.3) is 0 Å². The van der Waals surface area contributed by atoms with E-state index in [0.717, 1.165) is 23.3 Å². The number of aromatic nitrogens is 2. The van der Waals surface area contributed by atoms with Crippen LogP contribution in [0.2, 0.25) is 0 Å². The van der Waals surface area contributed by atoms with Crippen LogP contribution in [-0.2, 0) is 11.4 Å². The molecule has 2 aromatic rings. The molecule has 1 saturated carbocycles. The molecule has 21 heavy (non-hydrogen) atoms. The molecule has 110 valence electrons. The summed E-state index contributed by atoms with van der Waals surface area (Å²) in [6.07, 6.45) is 2.16. The van der Waals surface area contributed by atoms with Gasteiger partial charge in [0.25, 0.3) is 0 Å². The lowest BCUT2D eigenvalue weighted by Gasteiger charge is -2.02. The second-order valence-electron chi connectivity index (χ2n) is 4.86. The molecule has 0 radical (unpaired) electrons. The first-order chi connectivity index (χ1) is 10.2. The number of hydrogen-bond acceptors (Lipinski definition) is 6. The predicted octanol–water partition coefficient (Wildman–Crippen LogP) is 2.17. The molecule has 3 rings (SSSR count). The van der Waals surface area contributed by atoms with Crippen molar-refractivity contribution in [1.29, 1.82) is 0 Å². The summed E-state index contributed by atoms with van der Waals surface area (Å²) in [4.78, 5) is 12.8. The van der Waals surface area contributed by atoms with E-state index in [1.807, 2.05) is 24.3 Å². The smallest absolute Gasteiger partial charge is 0.322 e. The SMILES string of the molecule is O=C(CSc1ccc(CO)cc1)Nc1nnc(C2CC2)o1. The Morgan fingerprint density at radius 2 is 2.10 bits per heavy atom. The van der Waals surface area contributed by atoms with Crippen LogP contribution in [0.3, 0.4) is 0 Å². The third kappa shape index (κ3) is 3.83. The van der Waals surface area contributed by atoms with Gasteiger partial charge in [0, 0.05) is 10.8 Å². The fourth-order valence-corrected chi connectivity index (χ4v) is 2.47. The van der Waals surface area contributed by atoms with Crippen molar-refractivity contribution in [3.8, 4) is 0 Å². The largest absolute Gasteiger partial charge is 0.408 e. The van der Waals surface area contributed by atoms with Gasteiger partial charge < -0.3 is 9.52 Å². The lowest BCUT2D eigenvalue weighted by molar-refractivity contribution is -0.113. The molecule has 0 bridgehead atoms. The number of benzene rings is 1. The summed E-state index contributed by atoms with van der Waals surface area (Å²) in [7, 11) is 0. The monoisotopic (exact) mass is 305 g/mol. The highest BCUT2D eigenvalue weighted by atomic mass is 32.2. The van der Waals surface area contributed by atoms with Crippen LogP contribution in [0.1, 0.15) is 30.2 Å². The van der Waals surface area contributed by atoms with Crippen molar-refractivity contribution in [3.05, 3.63) is 35.7 Å². The zero-order valence-corrected chi connectivity index (χ0v) is 12.1. The summed E-state index contributed by atoms with van der Waals surface area (Å²) >= 11 is 1.41. The van der Waals surface area contributed by atoms with Crippen LogP contribution in [0, 0.1) is 0 Å². The Labute approximate surface area is 126 Å². The predicted molar refractivity (Wildman–Crippen MR) is 78.0 cm³/mol. The van der Waals surface area contributed by atoms with Gasteiger partial charge in [-0.05, 0) is 30.5 Å². The Balaban J connectivity index is 1.48. The van der Waals surface area contributed by atoms with Gasteiger partial charge in [0.05, 0.1) is 12.4 Å². The fourth-order valence-electron chi connectivity index (χ4n) is 1.78. The van der Waals surface area contributed by atoms with Gasteiger partial charge in [-0.25, -0.2) is 0 Å². The first kappa shape index (κ1) is 14.1. The standard InChI is InChI=1S/C14H15N3O3S/c18-7-9-1-5-11(6-2-9)21-8-12(19)15-14-17-16-13(20-14)10-3-4-10/h1-2,5-6,10,18H,3-4,7-8H2,(H,15,17,19). The molecule has 0 saturated heterocycles. The second kappa shape index (κ2) is 6.28. The van der Waals surface area contributed by atoms with Crippen molar-refractivity contribution in [2.24, 2.45) is 0 Å². The van der Waals surface area contributed by atoms with Gasteiger partial charge >= 0.3 is 6.01 Å². The van der Waals surface area contributed by atoms with E-state index < -0.39 is 0 Å². The van der Waals surface area contributed by atoms with E-state index in [9.17, 15) is 4.79 Å². The van der Waals surface area contributed by atoms with Gasteiger partial charge in [-0.15, -0.1) is 16.9 Å². The number of anilines is 1. The van der Waals surface area contributed by atoms with Gasteiger partial charge in [0.15, 0.2) is 0 Å². The molecule has 1 heterocycles. The zero-order chi connectivity index (χ0) is 14.7. The summed E-state index contributed by atoms with van der Waals surface area (Å²) in [6, 6.07) is 7.58. The molecule has 0 atom stereocenters. The van der Waals surface area contributed by atoms with Crippen LogP contribution in [0.15, 0.2) is 33.6 Å². The van der Waals surface area contributed by atoms with Gasteiger partial charge in [0.1, 0.15) is 0 Å². The molecule has 0 unspecified atom stereocenters. The number of rotatable bonds is 6. The maximum absolute atomic E-state index is 11.8. The Hall–Kier alpha value is -1.86. The molecule has 1 aliphatic carbocycles. The van der Waals surface area contributed by atoms with E-state index in [0.29, 0.717) is 11.8 Å². The third-order valence-electron chi connectivity index (χ3n) is 3.09. The minimum Gasteiger partial charge on any atom is -0.408 e. The van der Waals surface area contributed by atoms with Gasteiger partial charge in [-0.1, -0.05) is 17.2 Å². The average molecular weight is 305 g/mol. The third-order valence-corrected chi connectivity index (χ3v) is 4.10. The number of thioether (sulfide) groups is 1. The maximum atomic E-state index is 11.8. The van der Waals surface area contributed by atoms with E-state index >= 15 is 0 Å². The number of carbonyl (C=O) groups excluding carboxylic acids is 1. The van der Waals surface area contributed by atoms with Crippen LogP contribution in [-0.4, -0.2) is 27.0 Å². The van der Waals surface area contributed by atoms with Crippen molar-refractivity contribution in [1.82, 2.24) is 10.2 Å². The molecule has 6 nitrogen and oxygen atoms in total. The van der Waals surface area contributed by atoms with Crippen LogP contribution >= 0.6 is 11.8 Å². The molecule has 2 N–H and O–H groups in total. The normalized spacial score (nSPS) is 14.1. The highest BCUT2D eigenvalue weighted by Gasteiger charge is 2.29. The zero-order valence-electron chi connectivity index (χ0n) is 11.3. The summed E-state index contributed by atoms with van der Waals surface area (Å²) in [5, 5.41) is 19.3. The van der Waals surface area contributed by atoms with Crippen molar-refractivity contribution in [3.63, 3.8) is 0 Å². The number of nitrogens with zero attached hydrogens (tertiary/aromatic N) is 2. The van der Waals surface area contributed by atoms with Crippen molar-refractivity contribution >= 4 is 23.7 Å². The quantitative estimate of drug-likeness (QED) is 0.795. The van der Waals surface area contributed by atoms with Crippen molar-refractivity contribution in [2.45, 2.75) is 30.3 Å². The fraction of sp³-hybridized carbons (Fsp3) is 0.357. The molecule has 1 aromatic heterocycles. The number of carbonyl (C=O) groups is 1. The first-order valence-corrected chi connectivity index (χ1v) is 7.69. The minimum absolute atomic E-state index is 0.0198. The van der Waals surface area contributed by atoms with E-state index in [1.165, 1.54) is 11.8 Å². The Morgan fingerprint density at radius 3 is 2.76 bits per heavy atom. The van der Waals surface area contributed by atoms with E-state index in [1.54, 1.807) is 0 Å². The molecule has 7 heteroatoms. The Morgan fingerprint density at radius 1 is 1.33 bits per heavy atom. The highest BCUT2D eigenvalue weighted by Crippen LogP contribution is 2.39. The Kier molecular flexibility index (Phi) is 4.21. The van der Waals surface area contributed by atoms with Crippen molar-refractivity contribution in [2.75, 3.05) is 11.1 Å². The number of amides is 1. The summed E-state index contributed by atoms with van der Waals surface area (Å²) < 4.78 is 5.37. The summed E-state index contributed by atoms with van der Waals surface area (Å²) in [5.41, 5.74) is 0.849.